The molecule has 0 aromatic heterocycles. The maximum atomic E-state index is 11.4. The average molecular weight is 309 g/mol. The number of nitro groups is 1. The molecule has 1 amide bonds. The zero-order valence-corrected chi connectivity index (χ0v) is 12.8. The Morgan fingerprint density at radius 2 is 2.05 bits per heavy atom. The summed E-state index contributed by atoms with van der Waals surface area (Å²) in [4.78, 5) is 21.9. The van der Waals surface area contributed by atoms with Crippen LogP contribution in [0.2, 0.25) is 0 Å². The molecule has 0 saturated carbocycles. The standard InChI is InChI=1S/C14H19N3O5/c1-4-5-6-14(18)16-15-9-10-7-11(17(19)20)13(22-3)8-12(10)21-2/h7-9H,4-6H2,1-3H3,(H,16,18)/b15-9+. The molecule has 0 heterocycles. The van der Waals surface area contributed by atoms with E-state index in [0.717, 1.165) is 12.8 Å². The lowest BCUT2D eigenvalue weighted by atomic mass is 10.1. The highest BCUT2D eigenvalue weighted by Crippen LogP contribution is 2.33. The maximum Gasteiger partial charge on any atom is 0.311 e. The van der Waals surface area contributed by atoms with E-state index in [0.29, 0.717) is 17.7 Å². The highest BCUT2D eigenvalue weighted by molar-refractivity contribution is 5.87. The number of nitro benzene ring substituents is 1. The Labute approximate surface area is 128 Å². The monoisotopic (exact) mass is 309 g/mol. The fraction of sp³-hybridized carbons (Fsp3) is 0.429. The molecule has 1 N–H and O–H groups in total. The largest absolute Gasteiger partial charge is 0.496 e. The lowest BCUT2D eigenvalue weighted by Gasteiger charge is -2.08. The zero-order valence-electron chi connectivity index (χ0n) is 12.8. The Kier molecular flexibility index (Phi) is 6.81. The number of ether oxygens (including phenoxy) is 2. The molecule has 0 fully saturated rings. The molecule has 0 atom stereocenters. The van der Waals surface area contributed by atoms with E-state index in [1.165, 1.54) is 32.6 Å². The lowest BCUT2D eigenvalue weighted by molar-refractivity contribution is -0.385. The van der Waals surface area contributed by atoms with Gasteiger partial charge < -0.3 is 9.47 Å². The molecule has 8 nitrogen and oxygen atoms in total. The fourth-order valence-electron chi connectivity index (χ4n) is 1.72. The van der Waals surface area contributed by atoms with Gasteiger partial charge in [-0.1, -0.05) is 13.3 Å². The van der Waals surface area contributed by atoms with Crippen molar-refractivity contribution in [3.8, 4) is 11.5 Å². The number of amides is 1. The molecule has 8 heteroatoms. The van der Waals surface area contributed by atoms with Crippen molar-refractivity contribution in [3.05, 3.63) is 27.8 Å². The van der Waals surface area contributed by atoms with Crippen molar-refractivity contribution in [2.75, 3.05) is 14.2 Å². The van der Waals surface area contributed by atoms with Crippen molar-refractivity contribution in [2.45, 2.75) is 26.2 Å². The minimum atomic E-state index is -0.560. The summed E-state index contributed by atoms with van der Waals surface area (Å²) in [6.07, 6.45) is 3.37. The molecule has 1 aromatic rings. The van der Waals surface area contributed by atoms with Crippen LogP contribution in [-0.2, 0) is 4.79 Å². The Morgan fingerprint density at radius 1 is 1.36 bits per heavy atom. The molecular formula is C14H19N3O5. The third kappa shape index (κ3) is 4.72. The van der Waals surface area contributed by atoms with E-state index >= 15 is 0 Å². The number of rotatable bonds is 8. The predicted octanol–water partition coefficient (Wildman–Crippen LogP) is 2.25. The van der Waals surface area contributed by atoms with Crippen LogP contribution in [0.25, 0.3) is 0 Å². The van der Waals surface area contributed by atoms with Crippen LogP contribution in [0.15, 0.2) is 17.2 Å². The van der Waals surface area contributed by atoms with E-state index in [1.807, 2.05) is 6.92 Å². The molecule has 0 aliphatic rings. The number of nitrogens with one attached hydrogen (secondary N) is 1. The SMILES string of the molecule is CCCCC(=O)N/N=C/c1cc([N+](=O)[O-])c(OC)cc1OC. The topological polar surface area (TPSA) is 103 Å². The van der Waals surface area contributed by atoms with Gasteiger partial charge in [0.25, 0.3) is 0 Å². The molecule has 0 aliphatic heterocycles. The van der Waals surface area contributed by atoms with Crippen molar-refractivity contribution in [1.82, 2.24) is 5.43 Å². The van der Waals surface area contributed by atoms with Gasteiger partial charge in [0.2, 0.25) is 11.7 Å². The van der Waals surface area contributed by atoms with E-state index in [4.69, 9.17) is 9.47 Å². The van der Waals surface area contributed by atoms with Crippen LogP contribution in [0.4, 0.5) is 5.69 Å². The summed E-state index contributed by atoms with van der Waals surface area (Å²) >= 11 is 0. The van der Waals surface area contributed by atoms with E-state index < -0.39 is 4.92 Å². The first kappa shape index (κ1) is 17.4. The summed E-state index contributed by atoms with van der Waals surface area (Å²) in [6, 6.07) is 2.68. The lowest BCUT2D eigenvalue weighted by Crippen LogP contribution is -2.16. The third-order valence-corrected chi connectivity index (χ3v) is 2.88. The van der Waals surface area contributed by atoms with Crippen LogP contribution in [-0.4, -0.2) is 31.3 Å². The van der Waals surface area contributed by atoms with Gasteiger partial charge in [0.15, 0.2) is 0 Å². The van der Waals surface area contributed by atoms with E-state index in [-0.39, 0.29) is 17.3 Å². The van der Waals surface area contributed by atoms with Crippen molar-refractivity contribution < 1.29 is 19.2 Å². The van der Waals surface area contributed by atoms with E-state index in [2.05, 4.69) is 10.5 Å². The number of hydrogen-bond acceptors (Lipinski definition) is 6. The Morgan fingerprint density at radius 3 is 2.59 bits per heavy atom. The van der Waals surface area contributed by atoms with Crippen molar-refractivity contribution in [3.63, 3.8) is 0 Å². The predicted molar refractivity (Wildman–Crippen MR) is 81.5 cm³/mol. The van der Waals surface area contributed by atoms with Crippen molar-refractivity contribution in [1.29, 1.82) is 0 Å². The van der Waals surface area contributed by atoms with Crippen LogP contribution >= 0.6 is 0 Å². The first-order valence-corrected chi connectivity index (χ1v) is 6.75. The van der Waals surface area contributed by atoms with Crippen LogP contribution in [0, 0.1) is 10.1 Å². The summed E-state index contributed by atoms with van der Waals surface area (Å²) < 4.78 is 10.1. The number of methoxy groups -OCH3 is 2. The molecule has 22 heavy (non-hydrogen) atoms. The van der Waals surface area contributed by atoms with Gasteiger partial charge in [-0.3, -0.25) is 14.9 Å². The molecule has 0 spiro atoms. The second kappa shape index (κ2) is 8.60. The maximum absolute atomic E-state index is 11.4. The molecule has 0 unspecified atom stereocenters. The minimum absolute atomic E-state index is 0.0889. The van der Waals surface area contributed by atoms with Crippen molar-refractivity contribution >= 4 is 17.8 Å². The second-order valence-electron chi connectivity index (χ2n) is 4.42. The molecule has 1 aromatic carbocycles. The molecule has 0 bridgehead atoms. The van der Waals surface area contributed by atoms with Gasteiger partial charge in [0.05, 0.1) is 25.4 Å². The highest BCUT2D eigenvalue weighted by atomic mass is 16.6. The summed E-state index contributed by atoms with van der Waals surface area (Å²) in [5.74, 6) is 0.236. The summed E-state index contributed by atoms with van der Waals surface area (Å²) in [7, 11) is 2.77. The first-order valence-electron chi connectivity index (χ1n) is 6.75. The Balaban J connectivity index is 2.95. The van der Waals surface area contributed by atoms with Crippen LogP contribution in [0.3, 0.4) is 0 Å². The van der Waals surface area contributed by atoms with Crippen molar-refractivity contribution in [2.24, 2.45) is 5.10 Å². The number of carbonyl (C=O) groups is 1. The Hall–Kier alpha value is -2.64. The van der Waals surface area contributed by atoms with Gasteiger partial charge >= 0.3 is 5.69 Å². The molecule has 0 saturated heterocycles. The van der Waals surface area contributed by atoms with Gasteiger partial charge in [-0.05, 0) is 6.42 Å². The van der Waals surface area contributed by atoms with E-state index in [1.54, 1.807) is 0 Å². The molecule has 120 valence electrons. The number of hydrogen-bond donors (Lipinski definition) is 1. The quantitative estimate of drug-likeness (QED) is 0.450. The zero-order chi connectivity index (χ0) is 16.5. The number of unbranched alkanes of at least 4 members (excludes halogenated alkanes) is 1. The van der Waals surface area contributed by atoms with Gasteiger partial charge in [-0.2, -0.15) is 5.10 Å². The Bertz CT molecular complexity index is 572. The van der Waals surface area contributed by atoms with Crippen LogP contribution in [0.5, 0.6) is 11.5 Å². The number of nitrogens with zero attached hydrogens (tertiary/aromatic N) is 2. The number of benzene rings is 1. The fourth-order valence-corrected chi connectivity index (χ4v) is 1.72. The highest BCUT2D eigenvalue weighted by Gasteiger charge is 2.18. The van der Waals surface area contributed by atoms with Gasteiger partial charge in [0.1, 0.15) is 5.75 Å². The minimum Gasteiger partial charge on any atom is -0.496 e. The first-order chi connectivity index (χ1) is 10.5. The van der Waals surface area contributed by atoms with Gasteiger partial charge in [-0.25, -0.2) is 5.43 Å². The second-order valence-corrected chi connectivity index (χ2v) is 4.42. The number of carbonyl (C=O) groups excluding carboxylic acids is 1. The third-order valence-electron chi connectivity index (χ3n) is 2.88. The van der Waals surface area contributed by atoms with Crippen LogP contribution < -0.4 is 14.9 Å². The molecular weight excluding hydrogens is 290 g/mol. The van der Waals surface area contributed by atoms with Gasteiger partial charge in [0, 0.05) is 24.1 Å². The number of hydrazone groups is 1. The van der Waals surface area contributed by atoms with Crippen LogP contribution in [0.1, 0.15) is 31.7 Å². The summed E-state index contributed by atoms with van der Waals surface area (Å²) in [5, 5.41) is 14.8. The van der Waals surface area contributed by atoms with E-state index in [9.17, 15) is 14.9 Å². The smallest absolute Gasteiger partial charge is 0.311 e. The average Bonchev–Trinajstić information content (AvgIpc) is 2.52. The summed E-state index contributed by atoms with van der Waals surface area (Å²) in [5.41, 5.74) is 2.53. The molecule has 0 aliphatic carbocycles. The summed E-state index contributed by atoms with van der Waals surface area (Å²) in [6.45, 7) is 1.98. The molecule has 1 rings (SSSR count). The molecule has 0 radical (unpaired) electrons. The van der Waals surface area contributed by atoms with Gasteiger partial charge in [-0.15, -0.1) is 0 Å². The normalized spacial score (nSPS) is 10.5.